The molecule has 1 aromatic rings. The molecule has 1 aromatic carbocycles. The minimum Gasteiger partial charge on any atom is -0.372 e. The monoisotopic (exact) mass is 242 g/mol. The number of hydrogen-bond donors (Lipinski definition) is 2. The van der Waals surface area contributed by atoms with Crippen LogP contribution < -0.4 is 10.6 Å². The van der Waals surface area contributed by atoms with Crippen LogP contribution in [0.4, 0.5) is 10.1 Å². The molecule has 84 valence electrons. The van der Waals surface area contributed by atoms with Gasteiger partial charge in [-0.15, -0.1) is 0 Å². The van der Waals surface area contributed by atoms with Crippen molar-refractivity contribution in [3.05, 3.63) is 29.0 Å². The summed E-state index contributed by atoms with van der Waals surface area (Å²) in [4.78, 5) is 22.2. The molecule has 6 heteroatoms. The van der Waals surface area contributed by atoms with Crippen LogP contribution in [-0.2, 0) is 9.59 Å². The molecular formula is C10H8ClFN2O2. The molecule has 16 heavy (non-hydrogen) atoms. The summed E-state index contributed by atoms with van der Waals surface area (Å²) in [6, 6.07) is 3.09. The molecule has 0 bridgehead atoms. The summed E-state index contributed by atoms with van der Waals surface area (Å²) in [6.07, 6.45) is 0.0334. The van der Waals surface area contributed by atoms with E-state index in [4.69, 9.17) is 11.6 Å². The van der Waals surface area contributed by atoms with E-state index in [9.17, 15) is 14.0 Å². The first kappa shape index (κ1) is 10.9. The number of nitrogens with one attached hydrogen (secondary N) is 2. The van der Waals surface area contributed by atoms with E-state index < -0.39 is 17.8 Å². The van der Waals surface area contributed by atoms with Crippen molar-refractivity contribution in [3.8, 4) is 0 Å². The third-order valence-electron chi connectivity index (χ3n) is 2.23. The Hall–Kier alpha value is -1.62. The highest BCUT2D eigenvalue weighted by Gasteiger charge is 2.30. The molecule has 0 radical (unpaired) electrons. The van der Waals surface area contributed by atoms with Gasteiger partial charge >= 0.3 is 0 Å². The molecule has 1 saturated heterocycles. The third kappa shape index (κ3) is 2.14. The zero-order valence-electron chi connectivity index (χ0n) is 8.09. The van der Waals surface area contributed by atoms with E-state index in [1.54, 1.807) is 0 Å². The highest BCUT2D eigenvalue weighted by atomic mass is 35.5. The Balaban J connectivity index is 2.18. The lowest BCUT2D eigenvalue weighted by Gasteiger charge is -2.12. The summed E-state index contributed by atoms with van der Waals surface area (Å²) < 4.78 is 12.9. The number of carbonyl (C=O) groups excluding carboxylic acids is 2. The van der Waals surface area contributed by atoms with Crippen LogP contribution in [0.2, 0.25) is 5.02 Å². The van der Waals surface area contributed by atoms with Crippen molar-refractivity contribution in [2.45, 2.75) is 12.5 Å². The molecule has 1 aliphatic rings. The van der Waals surface area contributed by atoms with Gasteiger partial charge in [-0.2, -0.15) is 0 Å². The van der Waals surface area contributed by atoms with Gasteiger partial charge < -0.3 is 5.32 Å². The number of carbonyl (C=O) groups is 2. The molecular weight excluding hydrogens is 235 g/mol. The average Bonchev–Trinajstić information content (AvgIpc) is 2.51. The second-order valence-corrected chi connectivity index (χ2v) is 3.84. The first-order chi connectivity index (χ1) is 7.56. The van der Waals surface area contributed by atoms with E-state index in [2.05, 4.69) is 10.6 Å². The third-order valence-corrected chi connectivity index (χ3v) is 2.56. The molecule has 0 saturated carbocycles. The molecule has 4 nitrogen and oxygen atoms in total. The van der Waals surface area contributed by atoms with Gasteiger partial charge in [0.05, 0.1) is 17.1 Å². The van der Waals surface area contributed by atoms with Crippen LogP contribution in [0, 0.1) is 5.82 Å². The first-order valence-corrected chi connectivity index (χ1v) is 4.99. The smallest absolute Gasteiger partial charge is 0.249 e. The van der Waals surface area contributed by atoms with Crippen LogP contribution in [0.15, 0.2) is 18.2 Å². The van der Waals surface area contributed by atoms with E-state index in [1.165, 1.54) is 18.2 Å². The van der Waals surface area contributed by atoms with Crippen LogP contribution >= 0.6 is 11.6 Å². The van der Waals surface area contributed by atoms with Crippen LogP contribution in [0.1, 0.15) is 6.42 Å². The van der Waals surface area contributed by atoms with E-state index in [-0.39, 0.29) is 12.3 Å². The SMILES string of the molecule is O=C1CC(Nc2cc(F)ccc2Cl)C(=O)N1. The van der Waals surface area contributed by atoms with E-state index >= 15 is 0 Å². The van der Waals surface area contributed by atoms with Crippen LogP contribution in [0.5, 0.6) is 0 Å². The second kappa shape index (κ2) is 4.09. The zero-order valence-corrected chi connectivity index (χ0v) is 8.84. The van der Waals surface area contributed by atoms with Gasteiger partial charge in [-0.25, -0.2) is 4.39 Å². The lowest BCUT2D eigenvalue weighted by atomic mass is 10.2. The average molecular weight is 243 g/mol. The standard InChI is InChI=1S/C10H8ClFN2O2/c11-6-2-1-5(12)3-7(6)13-8-4-9(15)14-10(8)16/h1-3,8,13H,4H2,(H,14,15,16). The zero-order chi connectivity index (χ0) is 11.7. The Morgan fingerprint density at radius 2 is 2.19 bits per heavy atom. The lowest BCUT2D eigenvalue weighted by molar-refractivity contribution is -0.124. The normalized spacial score (nSPS) is 19.8. The van der Waals surface area contributed by atoms with Crippen LogP contribution in [-0.4, -0.2) is 17.9 Å². The van der Waals surface area contributed by atoms with Gasteiger partial charge in [0, 0.05) is 0 Å². The van der Waals surface area contributed by atoms with Gasteiger partial charge in [0.1, 0.15) is 11.9 Å². The van der Waals surface area contributed by atoms with Gasteiger partial charge in [-0.3, -0.25) is 14.9 Å². The van der Waals surface area contributed by atoms with Crippen molar-refractivity contribution in [2.24, 2.45) is 0 Å². The molecule has 0 aromatic heterocycles. The number of imide groups is 1. The lowest BCUT2D eigenvalue weighted by Crippen LogP contribution is -2.30. The predicted octanol–water partition coefficient (Wildman–Crippen LogP) is 1.31. The summed E-state index contributed by atoms with van der Waals surface area (Å²) in [5, 5.41) is 5.17. The molecule has 1 atom stereocenters. The highest BCUT2D eigenvalue weighted by Crippen LogP contribution is 2.24. The Morgan fingerprint density at radius 1 is 1.44 bits per heavy atom. The molecule has 0 aliphatic carbocycles. The van der Waals surface area contributed by atoms with E-state index in [0.717, 1.165) is 0 Å². The largest absolute Gasteiger partial charge is 0.372 e. The number of anilines is 1. The number of rotatable bonds is 2. The van der Waals surface area contributed by atoms with Crippen molar-refractivity contribution < 1.29 is 14.0 Å². The van der Waals surface area contributed by atoms with E-state index in [0.29, 0.717) is 10.7 Å². The Kier molecular flexibility index (Phi) is 2.78. The van der Waals surface area contributed by atoms with Crippen LogP contribution in [0.25, 0.3) is 0 Å². The summed E-state index contributed by atoms with van der Waals surface area (Å²) in [5.41, 5.74) is 0.302. The summed E-state index contributed by atoms with van der Waals surface area (Å²) in [7, 11) is 0. The van der Waals surface area contributed by atoms with Gasteiger partial charge in [0.2, 0.25) is 11.8 Å². The maximum absolute atomic E-state index is 12.9. The van der Waals surface area contributed by atoms with Crippen molar-refractivity contribution in [2.75, 3.05) is 5.32 Å². The number of hydrogen-bond acceptors (Lipinski definition) is 3. The molecule has 2 rings (SSSR count). The van der Waals surface area contributed by atoms with Crippen molar-refractivity contribution in [3.63, 3.8) is 0 Å². The molecule has 2 amide bonds. The second-order valence-electron chi connectivity index (χ2n) is 3.44. The van der Waals surface area contributed by atoms with Crippen LogP contribution in [0.3, 0.4) is 0 Å². The van der Waals surface area contributed by atoms with Gasteiger partial charge in [0.25, 0.3) is 0 Å². The predicted molar refractivity (Wildman–Crippen MR) is 56.6 cm³/mol. The Morgan fingerprint density at radius 3 is 2.81 bits per heavy atom. The van der Waals surface area contributed by atoms with Crippen molar-refractivity contribution in [1.29, 1.82) is 0 Å². The fraction of sp³-hybridized carbons (Fsp3) is 0.200. The Labute approximate surface area is 95.8 Å². The number of halogens is 2. The molecule has 1 heterocycles. The fourth-order valence-electron chi connectivity index (χ4n) is 1.47. The minimum absolute atomic E-state index is 0.0334. The van der Waals surface area contributed by atoms with Gasteiger partial charge in [-0.1, -0.05) is 11.6 Å². The summed E-state index contributed by atoms with van der Waals surface area (Å²) in [5.74, 6) is -1.24. The molecule has 2 N–H and O–H groups in total. The maximum atomic E-state index is 12.9. The number of benzene rings is 1. The molecule has 1 aliphatic heterocycles. The highest BCUT2D eigenvalue weighted by molar-refractivity contribution is 6.33. The molecule has 0 spiro atoms. The fourth-order valence-corrected chi connectivity index (χ4v) is 1.64. The summed E-state index contributed by atoms with van der Waals surface area (Å²) >= 11 is 5.81. The van der Waals surface area contributed by atoms with Gasteiger partial charge in [0.15, 0.2) is 0 Å². The van der Waals surface area contributed by atoms with E-state index in [1.807, 2.05) is 0 Å². The molecule has 1 unspecified atom stereocenters. The molecule has 1 fully saturated rings. The van der Waals surface area contributed by atoms with Gasteiger partial charge in [-0.05, 0) is 18.2 Å². The minimum atomic E-state index is -0.688. The first-order valence-electron chi connectivity index (χ1n) is 4.61. The van der Waals surface area contributed by atoms with Crippen molar-refractivity contribution >= 4 is 29.1 Å². The summed E-state index contributed by atoms with van der Waals surface area (Å²) in [6.45, 7) is 0. The maximum Gasteiger partial charge on any atom is 0.249 e. The quantitative estimate of drug-likeness (QED) is 0.769. The number of amides is 2. The topological polar surface area (TPSA) is 58.2 Å². The van der Waals surface area contributed by atoms with Crippen molar-refractivity contribution in [1.82, 2.24) is 5.32 Å². The Bertz CT molecular complexity index is 464.